The molecule has 23 heavy (non-hydrogen) atoms. The van der Waals surface area contributed by atoms with E-state index >= 15 is 0 Å². The van der Waals surface area contributed by atoms with Crippen LogP contribution in [0.1, 0.15) is 59.8 Å². The summed E-state index contributed by atoms with van der Waals surface area (Å²) in [4.78, 5) is 29.9. The van der Waals surface area contributed by atoms with E-state index in [1.165, 1.54) is 0 Å². The molecule has 2 rings (SSSR count). The van der Waals surface area contributed by atoms with Crippen LogP contribution in [0.3, 0.4) is 0 Å². The molecular weight excluding hydrogens is 296 g/mol. The smallest absolute Gasteiger partial charge is 0.340 e. The minimum absolute atomic E-state index is 0.00411. The summed E-state index contributed by atoms with van der Waals surface area (Å²) in [6.07, 6.45) is -0.190. The number of rotatable bonds is 3. The van der Waals surface area contributed by atoms with E-state index in [1.807, 2.05) is 13.8 Å². The normalized spacial score (nSPS) is 21.6. The van der Waals surface area contributed by atoms with Crippen molar-refractivity contribution in [3.8, 4) is 0 Å². The molecule has 0 radical (unpaired) electrons. The van der Waals surface area contributed by atoms with Gasteiger partial charge in [-0.3, -0.25) is 4.79 Å². The maximum Gasteiger partial charge on any atom is 0.340 e. The van der Waals surface area contributed by atoms with Crippen LogP contribution in [0, 0.1) is 13.8 Å². The molecule has 6 heteroatoms. The lowest BCUT2D eigenvalue weighted by molar-refractivity contribution is -0.0587. The number of aromatic nitrogens is 1. The van der Waals surface area contributed by atoms with Gasteiger partial charge < -0.3 is 19.4 Å². The molecule has 2 atom stereocenters. The predicted molar refractivity (Wildman–Crippen MR) is 86.7 cm³/mol. The second kappa shape index (κ2) is 6.74. The number of morpholine rings is 1. The molecule has 2 heterocycles. The van der Waals surface area contributed by atoms with Crippen LogP contribution in [-0.4, -0.2) is 53.2 Å². The summed E-state index contributed by atoms with van der Waals surface area (Å²) in [6, 6.07) is 0. The van der Waals surface area contributed by atoms with E-state index in [9.17, 15) is 9.59 Å². The van der Waals surface area contributed by atoms with E-state index in [4.69, 9.17) is 9.47 Å². The van der Waals surface area contributed by atoms with Crippen LogP contribution < -0.4 is 0 Å². The number of esters is 1. The van der Waals surface area contributed by atoms with Gasteiger partial charge in [-0.05, 0) is 47.1 Å². The lowest BCUT2D eigenvalue weighted by Gasteiger charge is -2.35. The third-order valence-corrected chi connectivity index (χ3v) is 3.91. The first-order valence-corrected chi connectivity index (χ1v) is 8.05. The summed E-state index contributed by atoms with van der Waals surface area (Å²) in [5, 5.41) is 0. The minimum Gasteiger partial charge on any atom is -0.459 e. The Kier molecular flexibility index (Phi) is 5.14. The van der Waals surface area contributed by atoms with Gasteiger partial charge in [0, 0.05) is 18.8 Å². The molecule has 1 fully saturated rings. The van der Waals surface area contributed by atoms with Gasteiger partial charge in [-0.25, -0.2) is 4.79 Å². The van der Waals surface area contributed by atoms with Crippen molar-refractivity contribution in [3.05, 3.63) is 22.5 Å². The molecule has 0 bridgehead atoms. The van der Waals surface area contributed by atoms with E-state index in [0.717, 1.165) is 0 Å². The van der Waals surface area contributed by atoms with Crippen molar-refractivity contribution >= 4 is 11.9 Å². The number of nitrogens with zero attached hydrogens (tertiary/aromatic N) is 1. The molecule has 6 nitrogen and oxygen atoms in total. The molecule has 1 amide bonds. The number of aryl methyl sites for hydroxylation is 1. The van der Waals surface area contributed by atoms with Gasteiger partial charge in [0.15, 0.2) is 0 Å². The molecule has 1 aromatic rings. The zero-order chi connectivity index (χ0) is 17.3. The first kappa shape index (κ1) is 17.5. The summed E-state index contributed by atoms with van der Waals surface area (Å²) in [5.41, 5.74) is 2.21. The summed E-state index contributed by atoms with van der Waals surface area (Å²) in [7, 11) is 0. The van der Waals surface area contributed by atoms with Crippen molar-refractivity contribution in [2.75, 3.05) is 13.1 Å². The van der Waals surface area contributed by atoms with Crippen molar-refractivity contribution in [1.29, 1.82) is 0 Å². The Balaban J connectivity index is 2.27. The van der Waals surface area contributed by atoms with E-state index < -0.39 is 5.97 Å². The number of hydrogen-bond donors (Lipinski definition) is 1. The zero-order valence-corrected chi connectivity index (χ0v) is 14.7. The number of amides is 1. The first-order chi connectivity index (χ1) is 10.7. The van der Waals surface area contributed by atoms with Crippen LogP contribution in [0.5, 0.6) is 0 Å². The molecule has 0 aliphatic carbocycles. The average molecular weight is 322 g/mol. The van der Waals surface area contributed by atoms with E-state index in [1.54, 1.807) is 32.6 Å². The highest BCUT2D eigenvalue weighted by molar-refractivity contribution is 6.00. The van der Waals surface area contributed by atoms with Gasteiger partial charge >= 0.3 is 5.97 Å². The number of nitrogens with one attached hydrogen (secondary N) is 1. The fourth-order valence-corrected chi connectivity index (χ4v) is 3.04. The molecule has 1 saturated heterocycles. The Bertz CT molecular complexity index is 596. The van der Waals surface area contributed by atoms with Crippen molar-refractivity contribution in [3.63, 3.8) is 0 Å². The quantitative estimate of drug-likeness (QED) is 0.868. The second-order valence-corrected chi connectivity index (χ2v) is 6.55. The van der Waals surface area contributed by atoms with Gasteiger partial charge in [-0.15, -0.1) is 0 Å². The predicted octanol–water partition coefficient (Wildman–Crippen LogP) is 2.45. The van der Waals surface area contributed by atoms with E-state index in [2.05, 4.69) is 4.98 Å². The Morgan fingerprint density at radius 3 is 2.30 bits per heavy atom. The lowest BCUT2D eigenvalue weighted by Crippen LogP contribution is -2.48. The number of H-pyrrole nitrogens is 1. The fourth-order valence-electron chi connectivity index (χ4n) is 3.04. The highest BCUT2D eigenvalue weighted by atomic mass is 16.5. The largest absolute Gasteiger partial charge is 0.459 e. The van der Waals surface area contributed by atoms with Crippen LogP contribution in [-0.2, 0) is 9.47 Å². The molecule has 1 aromatic heterocycles. The Hall–Kier alpha value is -1.82. The van der Waals surface area contributed by atoms with Gasteiger partial charge in [0.1, 0.15) is 5.69 Å². The Labute approximate surface area is 137 Å². The van der Waals surface area contributed by atoms with Gasteiger partial charge in [-0.2, -0.15) is 0 Å². The Morgan fingerprint density at radius 1 is 1.22 bits per heavy atom. The van der Waals surface area contributed by atoms with Crippen LogP contribution in [0.4, 0.5) is 0 Å². The van der Waals surface area contributed by atoms with Crippen molar-refractivity contribution in [2.45, 2.75) is 59.9 Å². The van der Waals surface area contributed by atoms with Gasteiger partial charge in [0.25, 0.3) is 5.91 Å². The number of hydrogen-bond acceptors (Lipinski definition) is 4. The third kappa shape index (κ3) is 3.75. The number of carbonyl (C=O) groups is 2. The van der Waals surface area contributed by atoms with Gasteiger partial charge in [-0.1, -0.05) is 0 Å². The molecular formula is C17H26N2O4. The SMILES string of the molecule is Cc1[nH]c(C(=O)N2CC(C)OC(C)C2)c(C)c1C(=O)OC(C)C. The molecule has 128 valence electrons. The summed E-state index contributed by atoms with van der Waals surface area (Å²) in [6.45, 7) is 12.2. The summed E-state index contributed by atoms with van der Waals surface area (Å²) >= 11 is 0. The monoisotopic (exact) mass is 322 g/mol. The minimum atomic E-state index is -0.394. The van der Waals surface area contributed by atoms with Crippen molar-refractivity contribution < 1.29 is 19.1 Å². The highest BCUT2D eigenvalue weighted by Crippen LogP contribution is 2.22. The summed E-state index contributed by atoms with van der Waals surface area (Å²) < 4.78 is 10.9. The molecule has 0 saturated carbocycles. The maximum absolute atomic E-state index is 12.8. The number of ether oxygens (including phenoxy) is 2. The average Bonchev–Trinajstić information content (AvgIpc) is 2.71. The molecule has 0 spiro atoms. The van der Waals surface area contributed by atoms with Gasteiger partial charge in [0.2, 0.25) is 0 Å². The third-order valence-electron chi connectivity index (χ3n) is 3.91. The van der Waals surface area contributed by atoms with Crippen LogP contribution >= 0.6 is 0 Å². The molecule has 1 N–H and O–H groups in total. The number of aromatic amines is 1. The van der Waals surface area contributed by atoms with Crippen LogP contribution in [0.15, 0.2) is 0 Å². The maximum atomic E-state index is 12.8. The standard InChI is InChI=1S/C17H26N2O4/c1-9(2)22-17(21)14-12(5)15(18-13(14)6)16(20)19-7-10(3)23-11(4)8-19/h9-11,18H,7-8H2,1-6H3. The van der Waals surface area contributed by atoms with E-state index in [0.29, 0.717) is 35.6 Å². The topological polar surface area (TPSA) is 71.6 Å². The highest BCUT2D eigenvalue weighted by Gasteiger charge is 2.30. The van der Waals surface area contributed by atoms with Crippen molar-refractivity contribution in [2.24, 2.45) is 0 Å². The molecule has 1 aliphatic rings. The Morgan fingerprint density at radius 2 is 1.78 bits per heavy atom. The van der Waals surface area contributed by atoms with Crippen LogP contribution in [0.2, 0.25) is 0 Å². The zero-order valence-electron chi connectivity index (χ0n) is 14.7. The summed E-state index contributed by atoms with van der Waals surface area (Å²) in [5.74, 6) is -0.495. The molecule has 0 aromatic carbocycles. The second-order valence-electron chi connectivity index (χ2n) is 6.55. The van der Waals surface area contributed by atoms with Gasteiger partial charge in [0.05, 0.1) is 23.9 Å². The van der Waals surface area contributed by atoms with Crippen LogP contribution in [0.25, 0.3) is 0 Å². The fraction of sp³-hybridized carbons (Fsp3) is 0.647. The number of carbonyl (C=O) groups excluding carboxylic acids is 2. The molecule has 2 unspecified atom stereocenters. The first-order valence-electron chi connectivity index (χ1n) is 8.05. The van der Waals surface area contributed by atoms with E-state index in [-0.39, 0.29) is 24.2 Å². The molecule has 1 aliphatic heterocycles. The lowest BCUT2D eigenvalue weighted by atomic mass is 10.1. The van der Waals surface area contributed by atoms with Crippen molar-refractivity contribution in [1.82, 2.24) is 9.88 Å².